The van der Waals surface area contributed by atoms with E-state index in [4.69, 9.17) is 9.47 Å². The van der Waals surface area contributed by atoms with Gasteiger partial charge in [0.15, 0.2) is 0 Å². The van der Waals surface area contributed by atoms with Gasteiger partial charge in [0.2, 0.25) is 5.91 Å². The summed E-state index contributed by atoms with van der Waals surface area (Å²) in [6.45, 7) is 6.37. The number of amides is 3. The van der Waals surface area contributed by atoms with Crippen LogP contribution >= 0.6 is 0 Å². The number of hydrogen-bond donors (Lipinski definition) is 1. The second-order valence-corrected chi connectivity index (χ2v) is 10.00. The summed E-state index contributed by atoms with van der Waals surface area (Å²) in [5, 5.41) is 2.63. The van der Waals surface area contributed by atoms with Crippen LogP contribution in [0.2, 0.25) is 0 Å². The first-order valence-corrected chi connectivity index (χ1v) is 13.1. The summed E-state index contributed by atoms with van der Waals surface area (Å²) in [6, 6.07) is 15.6. The van der Waals surface area contributed by atoms with E-state index < -0.39 is 54.4 Å². The van der Waals surface area contributed by atoms with Gasteiger partial charge in [-0.05, 0) is 30.9 Å². The highest BCUT2D eigenvalue weighted by Crippen LogP contribution is 2.30. The van der Waals surface area contributed by atoms with Gasteiger partial charge in [-0.25, -0.2) is 9.59 Å². The molecular weight excluding hydrogens is 514 g/mol. The lowest BCUT2D eigenvalue weighted by molar-refractivity contribution is -0.157. The summed E-state index contributed by atoms with van der Waals surface area (Å²) >= 11 is 0. The van der Waals surface area contributed by atoms with E-state index in [0.717, 1.165) is 5.56 Å². The molecule has 0 bridgehead atoms. The molecule has 0 aromatic heterocycles. The molecular formula is C30H35N3O7. The first-order valence-electron chi connectivity index (χ1n) is 13.1. The maximum absolute atomic E-state index is 13.8. The topological polar surface area (TPSA) is 122 Å². The number of hydrogen-bond acceptors (Lipinski definition) is 7. The number of rotatable bonds is 10. The maximum atomic E-state index is 13.8. The Bertz CT molecular complexity index is 1260. The highest BCUT2D eigenvalue weighted by atomic mass is 16.5. The first kappa shape index (κ1) is 30.1. The molecule has 1 unspecified atom stereocenters. The fourth-order valence-corrected chi connectivity index (χ4v) is 4.42. The smallest absolute Gasteiger partial charge is 0.414 e. The van der Waals surface area contributed by atoms with E-state index in [-0.39, 0.29) is 12.3 Å². The molecule has 1 heterocycles. The van der Waals surface area contributed by atoms with Crippen molar-refractivity contribution in [3.8, 4) is 0 Å². The summed E-state index contributed by atoms with van der Waals surface area (Å²) in [5.74, 6) is -3.39. The maximum Gasteiger partial charge on any atom is 0.414 e. The van der Waals surface area contributed by atoms with Crippen LogP contribution in [-0.2, 0) is 35.1 Å². The molecule has 0 radical (unpaired) electrons. The van der Waals surface area contributed by atoms with E-state index >= 15 is 0 Å². The van der Waals surface area contributed by atoms with Gasteiger partial charge < -0.3 is 14.8 Å². The van der Waals surface area contributed by atoms with Crippen molar-refractivity contribution in [2.75, 3.05) is 13.7 Å². The van der Waals surface area contributed by atoms with Gasteiger partial charge >= 0.3 is 12.1 Å². The Hall–Kier alpha value is -4.47. The number of nitrogens with zero attached hydrogens (tertiary/aromatic N) is 2. The van der Waals surface area contributed by atoms with Gasteiger partial charge in [0.05, 0.1) is 18.9 Å². The van der Waals surface area contributed by atoms with Crippen molar-refractivity contribution in [1.29, 1.82) is 0 Å². The highest BCUT2D eigenvalue weighted by molar-refractivity contribution is 6.36. The molecule has 1 N–H and O–H groups in total. The first-order chi connectivity index (χ1) is 19.0. The van der Waals surface area contributed by atoms with E-state index in [1.165, 1.54) is 23.1 Å². The zero-order chi connectivity index (χ0) is 29.4. The molecule has 0 spiro atoms. The van der Waals surface area contributed by atoms with Crippen molar-refractivity contribution < 1.29 is 33.4 Å². The quantitative estimate of drug-likeness (QED) is 0.357. The molecule has 2 aromatic carbocycles. The number of Topliss-reactive ketones (excluding diaryl/α,β-unsaturated/α-hetero) is 1. The number of nitrogens with one attached hydrogen (secondary N) is 1. The predicted octanol–water partition coefficient (Wildman–Crippen LogP) is 3.17. The Morgan fingerprint density at radius 1 is 0.925 bits per heavy atom. The zero-order valence-corrected chi connectivity index (χ0v) is 23.3. The Kier molecular flexibility index (Phi) is 10.2. The molecule has 3 amide bonds. The number of ether oxygens (including phenoxy) is 2. The van der Waals surface area contributed by atoms with Crippen molar-refractivity contribution in [2.24, 2.45) is 5.92 Å². The zero-order valence-electron chi connectivity index (χ0n) is 23.3. The lowest BCUT2D eigenvalue weighted by Gasteiger charge is -2.40. The van der Waals surface area contributed by atoms with Gasteiger partial charge in [-0.1, -0.05) is 74.5 Å². The average Bonchev–Trinajstić information content (AvgIpc) is 2.93. The number of ketones is 1. The standard InChI is InChI=1S/C30H35N3O7/c1-19(2)26-28(36)32(24(17-33(26)30(38)39-5)22-14-10-7-11-15-22)18-25(34)31-23(16-21-12-8-6-9-13-21)27(35)29(37)40-20(3)4/h6-15,17,19-20,23,26H,16,18H2,1-5H3,(H,31,34)/t23-,26?/m0/s1. The summed E-state index contributed by atoms with van der Waals surface area (Å²) in [7, 11) is 1.23. The van der Waals surface area contributed by atoms with Crippen LogP contribution in [0, 0.1) is 5.92 Å². The molecule has 0 fully saturated rings. The van der Waals surface area contributed by atoms with Crippen molar-refractivity contribution in [3.63, 3.8) is 0 Å². The van der Waals surface area contributed by atoms with Gasteiger partial charge in [0.25, 0.3) is 11.7 Å². The Labute approximate surface area is 233 Å². The number of methoxy groups -OCH3 is 1. The van der Waals surface area contributed by atoms with Crippen molar-refractivity contribution >= 4 is 35.4 Å². The molecule has 0 saturated carbocycles. The van der Waals surface area contributed by atoms with E-state index in [9.17, 15) is 24.0 Å². The van der Waals surface area contributed by atoms with Crippen LogP contribution in [0.3, 0.4) is 0 Å². The third-order valence-corrected chi connectivity index (χ3v) is 6.24. The Morgan fingerprint density at radius 2 is 1.52 bits per heavy atom. The molecule has 0 saturated heterocycles. The van der Waals surface area contributed by atoms with Gasteiger partial charge in [0, 0.05) is 12.6 Å². The van der Waals surface area contributed by atoms with E-state index in [2.05, 4.69) is 5.32 Å². The van der Waals surface area contributed by atoms with Crippen molar-refractivity contribution in [1.82, 2.24) is 15.1 Å². The minimum absolute atomic E-state index is 0.0542. The van der Waals surface area contributed by atoms with Gasteiger partial charge in [0.1, 0.15) is 18.6 Å². The summed E-state index contributed by atoms with van der Waals surface area (Å²) < 4.78 is 9.99. The van der Waals surface area contributed by atoms with Crippen molar-refractivity contribution in [2.45, 2.75) is 52.3 Å². The van der Waals surface area contributed by atoms with Crippen LogP contribution in [0.25, 0.3) is 5.70 Å². The van der Waals surface area contributed by atoms with Crippen LogP contribution in [0.15, 0.2) is 66.9 Å². The highest BCUT2D eigenvalue weighted by Gasteiger charge is 2.42. The monoisotopic (exact) mass is 549 g/mol. The van der Waals surface area contributed by atoms with E-state index in [1.54, 1.807) is 82.3 Å². The largest absolute Gasteiger partial charge is 0.457 e. The molecule has 0 aliphatic carbocycles. The molecule has 2 atom stereocenters. The number of benzene rings is 2. The molecule has 3 rings (SSSR count). The SMILES string of the molecule is COC(=O)N1C=C(c2ccccc2)N(CC(=O)N[C@@H](Cc2ccccc2)C(=O)C(=O)OC(C)C)C(=O)C1C(C)C. The fraction of sp³-hybridized carbons (Fsp3) is 0.367. The number of carbonyl (C=O) groups excluding carboxylic acids is 5. The summed E-state index contributed by atoms with van der Waals surface area (Å²) in [6.07, 6.45) is 0.327. The van der Waals surface area contributed by atoms with E-state index in [0.29, 0.717) is 11.3 Å². The number of esters is 1. The predicted molar refractivity (Wildman–Crippen MR) is 147 cm³/mol. The lowest BCUT2D eigenvalue weighted by atomic mass is 9.97. The third-order valence-electron chi connectivity index (χ3n) is 6.24. The third kappa shape index (κ3) is 7.34. The normalized spacial score (nSPS) is 15.9. The lowest BCUT2D eigenvalue weighted by Crippen LogP contribution is -2.57. The molecule has 1 aliphatic heterocycles. The van der Waals surface area contributed by atoms with Crippen molar-refractivity contribution in [3.05, 3.63) is 78.0 Å². The summed E-state index contributed by atoms with van der Waals surface area (Å²) in [4.78, 5) is 67.7. The average molecular weight is 550 g/mol. The Balaban J connectivity index is 1.94. The van der Waals surface area contributed by atoms with Crippen LogP contribution in [0.4, 0.5) is 4.79 Å². The number of carbonyl (C=O) groups is 5. The van der Waals surface area contributed by atoms with Crippen LogP contribution in [0.5, 0.6) is 0 Å². The van der Waals surface area contributed by atoms with Crippen LogP contribution in [-0.4, -0.2) is 71.3 Å². The molecule has 2 aromatic rings. The fourth-order valence-electron chi connectivity index (χ4n) is 4.42. The van der Waals surface area contributed by atoms with Crippen LogP contribution < -0.4 is 5.32 Å². The minimum Gasteiger partial charge on any atom is -0.457 e. The van der Waals surface area contributed by atoms with Gasteiger partial charge in [-0.15, -0.1) is 0 Å². The second kappa shape index (κ2) is 13.5. The molecule has 212 valence electrons. The molecule has 40 heavy (non-hydrogen) atoms. The molecule has 1 aliphatic rings. The van der Waals surface area contributed by atoms with E-state index in [1.807, 2.05) is 6.07 Å². The molecule has 10 heteroatoms. The summed E-state index contributed by atoms with van der Waals surface area (Å²) in [5.41, 5.74) is 1.64. The minimum atomic E-state index is -1.21. The van der Waals surface area contributed by atoms with Gasteiger partial charge in [-0.3, -0.25) is 24.2 Å². The Morgan fingerprint density at radius 3 is 2.08 bits per heavy atom. The second-order valence-electron chi connectivity index (χ2n) is 10.00. The van der Waals surface area contributed by atoms with Gasteiger partial charge in [-0.2, -0.15) is 0 Å². The van der Waals surface area contributed by atoms with Crippen LogP contribution in [0.1, 0.15) is 38.8 Å². The molecule has 10 nitrogen and oxygen atoms in total.